The van der Waals surface area contributed by atoms with Crippen LogP contribution in [0.25, 0.3) is 0 Å². The van der Waals surface area contributed by atoms with Gasteiger partial charge in [-0.3, -0.25) is 0 Å². The number of ether oxygens (including phenoxy) is 1. The van der Waals surface area contributed by atoms with Crippen LogP contribution in [-0.2, 0) is 6.54 Å². The summed E-state index contributed by atoms with van der Waals surface area (Å²) >= 11 is 18.4. The summed E-state index contributed by atoms with van der Waals surface area (Å²) in [5, 5.41) is 4.72. The van der Waals surface area contributed by atoms with Gasteiger partial charge in [-0.1, -0.05) is 34.8 Å². The summed E-state index contributed by atoms with van der Waals surface area (Å²) in [6, 6.07) is 7.11. The van der Waals surface area contributed by atoms with Crippen LogP contribution in [0.2, 0.25) is 15.1 Å². The molecule has 1 heterocycles. The first-order chi connectivity index (χ1) is 9.99. The van der Waals surface area contributed by atoms with Gasteiger partial charge in [0.1, 0.15) is 0 Å². The van der Waals surface area contributed by atoms with E-state index in [1.165, 1.54) is 0 Å². The third-order valence-electron chi connectivity index (χ3n) is 2.71. The molecule has 3 nitrogen and oxygen atoms in total. The number of rotatable bonds is 5. The maximum Gasteiger partial charge on any atom is 0.237 e. The van der Waals surface area contributed by atoms with Crippen molar-refractivity contribution in [3.63, 3.8) is 0 Å². The Bertz CT molecular complexity index is 632. The Morgan fingerprint density at radius 1 is 1.14 bits per heavy atom. The van der Waals surface area contributed by atoms with Crippen LogP contribution in [0.15, 0.2) is 30.5 Å². The Kier molecular flexibility index (Phi) is 5.57. The number of nitrogens with zero attached hydrogens (tertiary/aromatic N) is 1. The third-order valence-corrected chi connectivity index (χ3v) is 3.91. The lowest BCUT2D eigenvalue weighted by atomic mass is 10.2. The van der Waals surface area contributed by atoms with Crippen molar-refractivity contribution in [2.75, 3.05) is 5.32 Å². The minimum atomic E-state index is 0.0406. The molecule has 1 aromatic heterocycles. The molecule has 0 bridgehead atoms. The van der Waals surface area contributed by atoms with Crippen LogP contribution < -0.4 is 10.1 Å². The lowest BCUT2D eigenvalue weighted by Crippen LogP contribution is -2.10. The van der Waals surface area contributed by atoms with Gasteiger partial charge in [-0.05, 0) is 38.1 Å². The van der Waals surface area contributed by atoms with E-state index < -0.39 is 0 Å². The molecule has 0 aliphatic carbocycles. The quantitative estimate of drug-likeness (QED) is 0.733. The first kappa shape index (κ1) is 16.2. The lowest BCUT2D eigenvalue weighted by Gasteiger charge is -2.15. The average Bonchev–Trinajstić information content (AvgIpc) is 2.44. The molecular formula is C15H15Cl3N2O. The van der Waals surface area contributed by atoms with Crippen LogP contribution in [0.4, 0.5) is 5.69 Å². The van der Waals surface area contributed by atoms with Crippen LogP contribution in [0.3, 0.4) is 0 Å². The molecular weight excluding hydrogens is 331 g/mol. The zero-order chi connectivity index (χ0) is 15.4. The summed E-state index contributed by atoms with van der Waals surface area (Å²) in [5.74, 6) is 0.543. The second-order valence-electron chi connectivity index (χ2n) is 4.70. The highest BCUT2D eigenvalue weighted by Gasteiger charge is 2.11. The molecule has 0 atom stereocenters. The molecule has 21 heavy (non-hydrogen) atoms. The maximum atomic E-state index is 6.19. The summed E-state index contributed by atoms with van der Waals surface area (Å²) < 4.78 is 5.65. The predicted molar refractivity (Wildman–Crippen MR) is 88.8 cm³/mol. The predicted octanol–water partition coefficient (Wildman–Crippen LogP) is 5.44. The third kappa shape index (κ3) is 4.16. The first-order valence-corrected chi connectivity index (χ1v) is 7.60. The topological polar surface area (TPSA) is 34.1 Å². The summed E-state index contributed by atoms with van der Waals surface area (Å²) in [5.41, 5.74) is 1.52. The van der Waals surface area contributed by atoms with E-state index >= 15 is 0 Å². The largest absolute Gasteiger partial charge is 0.473 e. The van der Waals surface area contributed by atoms with Crippen molar-refractivity contribution < 1.29 is 4.74 Å². The van der Waals surface area contributed by atoms with Crippen LogP contribution in [-0.4, -0.2) is 11.1 Å². The first-order valence-electron chi connectivity index (χ1n) is 6.47. The van der Waals surface area contributed by atoms with Gasteiger partial charge in [-0.2, -0.15) is 0 Å². The number of hydrogen-bond acceptors (Lipinski definition) is 3. The molecule has 0 aliphatic rings. The normalized spacial score (nSPS) is 10.8. The zero-order valence-corrected chi connectivity index (χ0v) is 13.9. The minimum absolute atomic E-state index is 0.0406. The van der Waals surface area contributed by atoms with Crippen molar-refractivity contribution in [3.8, 4) is 5.88 Å². The second kappa shape index (κ2) is 7.21. The lowest BCUT2D eigenvalue weighted by molar-refractivity contribution is 0.234. The summed E-state index contributed by atoms with van der Waals surface area (Å²) in [6.45, 7) is 4.32. The Labute approximate surface area is 139 Å². The zero-order valence-electron chi connectivity index (χ0n) is 11.7. The van der Waals surface area contributed by atoms with E-state index in [4.69, 9.17) is 39.5 Å². The number of aromatic nitrogens is 1. The molecule has 0 amide bonds. The van der Waals surface area contributed by atoms with E-state index in [-0.39, 0.29) is 6.10 Å². The molecule has 0 saturated carbocycles. The number of anilines is 1. The fourth-order valence-corrected chi connectivity index (χ4v) is 2.44. The van der Waals surface area contributed by atoms with E-state index in [0.29, 0.717) is 27.5 Å². The maximum absolute atomic E-state index is 6.19. The van der Waals surface area contributed by atoms with Gasteiger partial charge in [0.2, 0.25) is 5.88 Å². The van der Waals surface area contributed by atoms with Gasteiger partial charge < -0.3 is 10.1 Å². The Hall–Kier alpha value is -1.16. The molecule has 1 aromatic carbocycles. The molecule has 0 saturated heterocycles. The second-order valence-corrected chi connectivity index (χ2v) is 5.89. The molecule has 0 fully saturated rings. The molecule has 0 unspecified atom stereocenters. The molecule has 1 N–H and O–H groups in total. The van der Waals surface area contributed by atoms with E-state index in [9.17, 15) is 0 Å². The smallest absolute Gasteiger partial charge is 0.237 e. The van der Waals surface area contributed by atoms with Gasteiger partial charge in [0.25, 0.3) is 0 Å². The van der Waals surface area contributed by atoms with Crippen LogP contribution in [0.1, 0.15) is 19.4 Å². The summed E-state index contributed by atoms with van der Waals surface area (Å²) in [4.78, 5) is 4.22. The standard InChI is InChI=1S/C15H15Cl3N2O/c1-9(2)21-15-13(4-3-7-19-15)20-8-10-11(16)5-6-12(17)14(10)18/h3-7,9,20H,8H2,1-2H3. The molecule has 112 valence electrons. The Morgan fingerprint density at radius 2 is 1.86 bits per heavy atom. The molecule has 2 aromatic rings. The average molecular weight is 346 g/mol. The molecule has 0 radical (unpaired) electrons. The Balaban J connectivity index is 2.19. The van der Waals surface area contributed by atoms with E-state index in [1.54, 1.807) is 18.3 Å². The number of pyridine rings is 1. The van der Waals surface area contributed by atoms with E-state index in [0.717, 1.165) is 11.3 Å². The number of hydrogen-bond donors (Lipinski definition) is 1. The van der Waals surface area contributed by atoms with Crippen molar-refractivity contribution in [3.05, 3.63) is 51.1 Å². The SMILES string of the molecule is CC(C)Oc1ncccc1NCc1c(Cl)ccc(Cl)c1Cl. The monoisotopic (exact) mass is 344 g/mol. The highest BCUT2D eigenvalue weighted by molar-refractivity contribution is 6.44. The summed E-state index contributed by atoms with van der Waals surface area (Å²) in [7, 11) is 0. The molecule has 0 spiro atoms. The molecule has 2 rings (SSSR count). The molecule has 6 heteroatoms. The van der Waals surface area contributed by atoms with Gasteiger partial charge in [0, 0.05) is 23.3 Å². The van der Waals surface area contributed by atoms with Crippen molar-refractivity contribution in [2.45, 2.75) is 26.5 Å². The number of benzene rings is 1. The summed E-state index contributed by atoms with van der Waals surface area (Å²) in [6.07, 6.45) is 1.72. The van der Waals surface area contributed by atoms with Crippen molar-refractivity contribution in [2.24, 2.45) is 0 Å². The van der Waals surface area contributed by atoms with Crippen LogP contribution in [0.5, 0.6) is 5.88 Å². The number of halogens is 3. The molecule has 0 aliphatic heterocycles. The van der Waals surface area contributed by atoms with Gasteiger partial charge in [0.05, 0.1) is 21.8 Å². The van der Waals surface area contributed by atoms with Gasteiger partial charge in [0.15, 0.2) is 0 Å². The van der Waals surface area contributed by atoms with E-state index in [2.05, 4.69) is 10.3 Å². The minimum Gasteiger partial charge on any atom is -0.473 e. The Morgan fingerprint density at radius 3 is 2.57 bits per heavy atom. The highest BCUT2D eigenvalue weighted by atomic mass is 35.5. The van der Waals surface area contributed by atoms with Gasteiger partial charge >= 0.3 is 0 Å². The van der Waals surface area contributed by atoms with Gasteiger partial charge in [-0.25, -0.2) is 4.98 Å². The van der Waals surface area contributed by atoms with Crippen LogP contribution in [0, 0.1) is 0 Å². The van der Waals surface area contributed by atoms with Crippen molar-refractivity contribution >= 4 is 40.5 Å². The van der Waals surface area contributed by atoms with Crippen molar-refractivity contribution in [1.29, 1.82) is 0 Å². The van der Waals surface area contributed by atoms with Crippen LogP contribution >= 0.6 is 34.8 Å². The number of nitrogens with one attached hydrogen (secondary N) is 1. The van der Waals surface area contributed by atoms with E-state index in [1.807, 2.05) is 26.0 Å². The highest BCUT2D eigenvalue weighted by Crippen LogP contribution is 2.32. The fourth-order valence-electron chi connectivity index (χ4n) is 1.76. The van der Waals surface area contributed by atoms with Gasteiger partial charge in [-0.15, -0.1) is 0 Å². The fraction of sp³-hybridized carbons (Fsp3) is 0.267. The van der Waals surface area contributed by atoms with Crippen molar-refractivity contribution in [1.82, 2.24) is 4.98 Å².